The van der Waals surface area contributed by atoms with Gasteiger partial charge < -0.3 is 10.2 Å². The molecule has 29 heavy (non-hydrogen) atoms. The van der Waals surface area contributed by atoms with Gasteiger partial charge in [0.15, 0.2) is 0 Å². The number of nitrogens with zero attached hydrogens (tertiary/aromatic N) is 3. The van der Waals surface area contributed by atoms with Gasteiger partial charge in [-0.15, -0.1) is 0 Å². The van der Waals surface area contributed by atoms with Crippen molar-refractivity contribution in [2.75, 3.05) is 11.9 Å². The van der Waals surface area contributed by atoms with E-state index in [1.165, 1.54) is 0 Å². The summed E-state index contributed by atoms with van der Waals surface area (Å²) in [6.45, 7) is 14.1. The van der Waals surface area contributed by atoms with Crippen LogP contribution < -0.4 is 5.32 Å². The van der Waals surface area contributed by atoms with Gasteiger partial charge in [-0.1, -0.05) is 45.9 Å². The van der Waals surface area contributed by atoms with Crippen LogP contribution in [-0.4, -0.2) is 39.1 Å². The number of benzene rings is 1. The van der Waals surface area contributed by atoms with Gasteiger partial charge in [-0.05, 0) is 38.8 Å². The summed E-state index contributed by atoms with van der Waals surface area (Å²) in [7, 11) is 0. The molecule has 0 radical (unpaired) electrons. The average Bonchev–Trinajstić information content (AvgIpc) is 3.04. The van der Waals surface area contributed by atoms with E-state index in [1.807, 2.05) is 58.0 Å². The maximum atomic E-state index is 12.8. The molecule has 1 aromatic heterocycles. The summed E-state index contributed by atoms with van der Waals surface area (Å²) >= 11 is 0. The van der Waals surface area contributed by atoms with Crippen molar-refractivity contribution in [3.8, 4) is 5.69 Å². The molecule has 0 atom stereocenters. The van der Waals surface area contributed by atoms with Crippen LogP contribution in [0.4, 0.5) is 5.82 Å². The number of para-hydroxylation sites is 1. The van der Waals surface area contributed by atoms with Crippen LogP contribution in [0.2, 0.25) is 0 Å². The molecule has 0 saturated carbocycles. The van der Waals surface area contributed by atoms with E-state index in [1.54, 1.807) is 9.58 Å². The molecule has 0 unspecified atom stereocenters. The van der Waals surface area contributed by atoms with Crippen molar-refractivity contribution in [1.82, 2.24) is 14.7 Å². The minimum absolute atomic E-state index is 0.000409. The van der Waals surface area contributed by atoms with Crippen molar-refractivity contribution in [1.29, 1.82) is 0 Å². The second-order valence-electron chi connectivity index (χ2n) is 8.78. The summed E-state index contributed by atoms with van der Waals surface area (Å²) in [5.74, 6) is 0.389. The molecule has 0 bridgehead atoms. The van der Waals surface area contributed by atoms with Crippen LogP contribution in [0, 0.1) is 6.92 Å². The zero-order valence-electron chi connectivity index (χ0n) is 18.7. The van der Waals surface area contributed by atoms with E-state index in [0.717, 1.165) is 23.4 Å². The second kappa shape index (κ2) is 9.25. The molecule has 0 spiro atoms. The Morgan fingerprint density at radius 3 is 2.41 bits per heavy atom. The lowest BCUT2D eigenvalue weighted by Gasteiger charge is -2.26. The first kappa shape index (κ1) is 22.7. The van der Waals surface area contributed by atoms with Gasteiger partial charge in [0.25, 0.3) is 0 Å². The van der Waals surface area contributed by atoms with Crippen LogP contribution in [0.1, 0.15) is 65.6 Å². The lowest BCUT2D eigenvalue weighted by Crippen LogP contribution is -2.42. The zero-order valence-corrected chi connectivity index (χ0v) is 18.7. The highest BCUT2D eigenvalue weighted by atomic mass is 16.2. The maximum absolute atomic E-state index is 12.8. The lowest BCUT2D eigenvalue weighted by molar-refractivity contribution is -0.136. The molecule has 2 aromatic rings. The fourth-order valence-corrected chi connectivity index (χ4v) is 3.07. The van der Waals surface area contributed by atoms with Crippen LogP contribution in [-0.2, 0) is 15.0 Å². The highest BCUT2D eigenvalue weighted by molar-refractivity contribution is 5.94. The number of amides is 2. The molecule has 0 aliphatic rings. The van der Waals surface area contributed by atoms with Crippen LogP contribution in [0.5, 0.6) is 0 Å². The highest BCUT2D eigenvalue weighted by Crippen LogP contribution is 2.27. The number of nitrogens with one attached hydrogen (secondary N) is 1. The zero-order chi connectivity index (χ0) is 21.8. The molecule has 0 aliphatic carbocycles. The van der Waals surface area contributed by atoms with Crippen molar-refractivity contribution in [2.24, 2.45) is 0 Å². The Morgan fingerprint density at radius 1 is 1.21 bits per heavy atom. The van der Waals surface area contributed by atoms with Gasteiger partial charge in [0, 0.05) is 23.9 Å². The molecule has 2 rings (SSSR count). The number of anilines is 1. The van der Waals surface area contributed by atoms with Crippen LogP contribution in [0.25, 0.3) is 5.69 Å². The first-order chi connectivity index (χ1) is 13.5. The number of hydrogen-bond donors (Lipinski definition) is 1. The number of carbonyl (C=O) groups excluding carboxylic acids is 2. The molecule has 158 valence electrons. The van der Waals surface area contributed by atoms with Gasteiger partial charge in [0.05, 0.1) is 11.4 Å². The quantitative estimate of drug-likeness (QED) is 0.749. The third kappa shape index (κ3) is 5.68. The third-order valence-electron chi connectivity index (χ3n) is 4.81. The average molecular weight is 399 g/mol. The summed E-state index contributed by atoms with van der Waals surface area (Å²) < 4.78 is 1.78. The summed E-state index contributed by atoms with van der Waals surface area (Å²) in [6, 6.07) is 9.81. The fourth-order valence-electron chi connectivity index (χ4n) is 3.07. The Kier molecular flexibility index (Phi) is 7.22. The van der Waals surface area contributed by atoms with E-state index in [4.69, 9.17) is 5.10 Å². The number of hydrogen-bond acceptors (Lipinski definition) is 3. The maximum Gasteiger partial charge on any atom is 0.245 e. The Balaban J connectivity index is 2.33. The Hall–Kier alpha value is -2.63. The van der Waals surface area contributed by atoms with Gasteiger partial charge in [-0.2, -0.15) is 5.10 Å². The summed E-state index contributed by atoms with van der Waals surface area (Å²) in [4.78, 5) is 26.8. The van der Waals surface area contributed by atoms with E-state index in [0.29, 0.717) is 12.2 Å². The van der Waals surface area contributed by atoms with Crippen molar-refractivity contribution in [3.63, 3.8) is 0 Å². The Labute approximate surface area is 174 Å². The van der Waals surface area contributed by atoms with Crippen LogP contribution in [0.15, 0.2) is 30.3 Å². The summed E-state index contributed by atoms with van der Waals surface area (Å²) in [6.07, 6.45) is 1.21. The van der Waals surface area contributed by atoms with E-state index >= 15 is 0 Å². The largest absolute Gasteiger partial charge is 0.331 e. The molecule has 1 N–H and O–H groups in total. The minimum Gasteiger partial charge on any atom is -0.331 e. The first-order valence-corrected chi connectivity index (χ1v) is 10.3. The van der Waals surface area contributed by atoms with E-state index in [9.17, 15) is 9.59 Å². The fraction of sp³-hybridized carbons (Fsp3) is 0.522. The van der Waals surface area contributed by atoms with Gasteiger partial charge in [0.2, 0.25) is 11.8 Å². The standard InChI is InChI=1S/C23H34N4O2/c1-8-11-22(29)26(16(2)3)15-21(28)24-20-14-19(23(5,6)7)25-27(20)18-13-10-9-12-17(18)4/h9-10,12-14,16H,8,11,15H2,1-7H3,(H,24,28). The van der Waals surface area contributed by atoms with Gasteiger partial charge in [-0.25, -0.2) is 4.68 Å². The minimum atomic E-state index is -0.224. The third-order valence-corrected chi connectivity index (χ3v) is 4.81. The predicted molar refractivity (Wildman–Crippen MR) is 117 cm³/mol. The Morgan fingerprint density at radius 2 is 1.86 bits per heavy atom. The van der Waals surface area contributed by atoms with Crippen molar-refractivity contribution in [3.05, 3.63) is 41.6 Å². The van der Waals surface area contributed by atoms with E-state index < -0.39 is 0 Å². The first-order valence-electron chi connectivity index (χ1n) is 10.3. The molecule has 0 saturated heterocycles. The Bertz CT molecular complexity index is 862. The molecule has 6 nitrogen and oxygen atoms in total. The van der Waals surface area contributed by atoms with E-state index in [2.05, 4.69) is 26.1 Å². The van der Waals surface area contributed by atoms with Gasteiger partial charge in [0.1, 0.15) is 12.4 Å². The van der Waals surface area contributed by atoms with Crippen LogP contribution >= 0.6 is 0 Å². The summed E-state index contributed by atoms with van der Waals surface area (Å²) in [5, 5.41) is 7.74. The highest BCUT2D eigenvalue weighted by Gasteiger charge is 2.24. The monoisotopic (exact) mass is 398 g/mol. The number of rotatable bonds is 7. The topological polar surface area (TPSA) is 67.2 Å². The van der Waals surface area contributed by atoms with Crippen molar-refractivity contribution >= 4 is 17.6 Å². The molecule has 6 heteroatoms. The van der Waals surface area contributed by atoms with Gasteiger partial charge >= 0.3 is 0 Å². The molecule has 0 aliphatic heterocycles. The van der Waals surface area contributed by atoms with Gasteiger partial charge in [-0.3, -0.25) is 9.59 Å². The molecule has 1 aromatic carbocycles. The smallest absolute Gasteiger partial charge is 0.245 e. The molecular formula is C23H34N4O2. The van der Waals surface area contributed by atoms with E-state index in [-0.39, 0.29) is 29.8 Å². The number of carbonyl (C=O) groups is 2. The molecule has 0 fully saturated rings. The number of aromatic nitrogens is 2. The summed E-state index contributed by atoms with van der Waals surface area (Å²) in [5.41, 5.74) is 2.71. The second-order valence-corrected chi connectivity index (χ2v) is 8.78. The normalized spacial score (nSPS) is 11.6. The van der Waals surface area contributed by atoms with Crippen LogP contribution in [0.3, 0.4) is 0 Å². The molecule has 1 heterocycles. The molecule has 2 amide bonds. The predicted octanol–water partition coefficient (Wildman–Crippen LogP) is 4.45. The van der Waals surface area contributed by atoms with Crippen molar-refractivity contribution < 1.29 is 9.59 Å². The number of aryl methyl sites for hydroxylation is 1. The van der Waals surface area contributed by atoms with Crippen molar-refractivity contribution in [2.45, 2.75) is 72.8 Å². The molecular weight excluding hydrogens is 364 g/mol. The lowest BCUT2D eigenvalue weighted by atomic mass is 9.92. The SMILES string of the molecule is CCCC(=O)N(CC(=O)Nc1cc(C(C)(C)C)nn1-c1ccccc1C)C(C)C.